The second-order valence-corrected chi connectivity index (χ2v) is 4.05. The first kappa shape index (κ1) is 9.71. The van der Waals surface area contributed by atoms with E-state index in [1.165, 1.54) is 31.9 Å². The minimum atomic E-state index is -0.140. The number of carbonyl (C=O) groups is 1. The zero-order valence-corrected chi connectivity index (χ0v) is 8.64. The van der Waals surface area contributed by atoms with Crippen molar-refractivity contribution in [2.24, 2.45) is 5.92 Å². The zero-order chi connectivity index (χ0) is 9.97. The lowest BCUT2D eigenvalue weighted by atomic mass is 9.75. The first-order valence-electron chi connectivity index (χ1n) is 5.34. The predicted octanol–water partition coefficient (Wildman–Crippen LogP) is 1.25. The van der Waals surface area contributed by atoms with Gasteiger partial charge in [0.1, 0.15) is 0 Å². The SMILES string of the molecule is COC(=O)C1=C(C2CCC2)CCNC1. The number of ether oxygens (including phenoxy) is 1. The van der Waals surface area contributed by atoms with Crippen molar-refractivity contribution < 1.29 is 9.53 Å². The fraction of sp³-hybridized carbons (Fsp3) is 0.727. The topological polar surface area (TPSA) is 38.3 Å². The third-order valence-electron chi connectivity index (χ3n) is 3.29. The van der Waals surface area contributed by atoms with Gasteiger partial charge < -0.3 is 10.1 Å². The van der Waals surface area contributed by atoms with E-state index in [2.05, 4.69) is 5.32 Å². The highest BCUT2D eigenvalue weighted by molar-refractivity contribution is 5.90. The molecule has 1 N–H and O–H groups in total. The van der Waals surface area contributed by atoms with Gasteiger partial charge in [-0.3, -0.25) is 0 Å². The van der Waals surface area contributed by atoms with Crippen LogP contribution in [0.4, 0.5) is 0 Å². The van der Waals surface area contributed by atoms with Gasteiger partial charge in [-0.05, 0) is 31.7 Å². The molecule has 78 valence electrons. The van der Waals surface area contributed by atoms with Crippen molar-refractivity contribution in [3.8, 4) is 0 Å². The van der Waals surface area contributed by atoms with Crippen LogP contribution >= 0.6 is 0 Å². The maximum Gasteiger partial charge on any atom is 0.335 e. The van der Waals surface area contributed by atoms with Crippen molar-refractivity contribution in [1.29, 1.82) is 0 Å². The molecule has 1 heterocycles. The van der Waals surface area contributed by atoms with Crippen LogP contribution in [0.1, 0.15) is 25.7 Å². The van der Waals surface area contributed by atoms with Crippen LogP contribution in [0.25, 0.3) is 0 Å². The molecule has 1 aliphatic heterocycles. The molecular weight excluding hydrogens is 178 g/mol. The number of hydrogen-bond donors (Lipinski definition) is 1. The van der Waals surface area contributed by atoms with E-state index >= 15 is 0 Å². The summed E-state index contributed by atoms with van der Waals surface area (Å²) < 4.78 is 4.80. The third-order valence-corrected chi connectivity index (χ3v) is 3.29. The number of esters is 1. The van der Waals surface area contributed by atoms with Gasteiger partial charge in [0.05, 0.1) is 12.7 Å². The Kier molecular flexibility index (Phi) is 2.87. The fourth-order valence-electron chi connectivity index (χ4n) is 2.23. The molecule has 0 aromatic rings. The molecule has 0 saturated heterocycles. The monoisotopic (exact) mass is 195 g/mol. The van der Waals surface area contributed by atoms with Gasteiger partial charge in [0.25, 0.3) is 0 Å². The number of nitrogens with one attached hydrogen (secondary N) is 1. The smallest absolute Gasteiger partial charge is 0.335 e. The van der Waals surface area contributed by atoms with E-state index in [4.69, 9.17) is 4.74 Å². The fourth-order valence-corrected chi connectivity index (χ4v) is 2.23. The van der Waals surface area contributed by atoms with Crippen LogP contribution in [0.3, 0.4) is 0 Å². The van der Waals surface area contributed by atoms with Crippen LogP contribution in [0.2, 0.25) is 0 Å². The second kappa shape index (κ2) is 4.13. The average Bonchev–Trinajstić information content (AvgIpc) is 2.15. The number of rotatable bonds is 2. The Labute approximate surface area is 84.5 Å². The van der Waals surface area contributed by atoms with E-state index in [1.807, 2.05) is 0 Å². The lowest BCUT2D eigenvalue weighted by Gasteiger charge is -2.32. The van der Waals surface area contributed by atoms with Crippen LogP contribution in [-0.2, 0) is 9.53 Å². The first-order valence-corrected chi connectivity index (χ1v) is 5.34. The maximum absolute atomic E-state index is 11.5. The van der Waals surface area contributed by atoms with E-state index in [0.29, 0.717) is 12.5 Å². The Bertz CT molecular complexity index is 266. The molecule has 0 unspecified atom stereocenters. The summed E-state index contributed by atoms with van der Waals surface area (Å²) in [4.78, 5) is 11.5. The molecule has 14 heavy (non-hydrogen) atoms. The van der Waals surface area contributed by atoms with Crippen LogP contribution in [0, 0.1) is 5.92 Å². The molecule has 3 nitrogen and oxygen atoms in total. The van der Waals surface area contributed by atoms with E-state index in [0.717, 1.165) is 18.5 Å². The summed E-state index contributed by atoms with van der Waals surface area (Å²) in [6, 6.07) is 0. The van der Waals surface area contributed by atoms with Crippen molar-refractivity contribution in [3.05, 3.63) is 11.1 Å². The zero-order valence-electron chi connectivity index (χ0n) is 8.64. The van der Waals surface area contributed by atoms with Gasteiger partial charge in [0, 0.05) is 6.54 Å². The third kappa shape index (κ3) is 1.69. The quantitative estimate of drug-likeness (QED) is 0.674. The normalized spacial score (nSPS) is 23.2. The van der Waals surface area contributed by atoms with Gasteiger partial charge in [0.2, 0.25) is 0 Å². The predicted molar refractivity (Wildman–Crippen MR) is 53.9 cm³/mol. The minimum absolute atomic E-state index is 0.140. The average molecular weight is 195 g/mol. The molecule has 1 aliphatic carbocycles. The summed E-state index contributed by atoms with van der Waals surface area (Å²) in [5.41, 5.74) is 2.25. The summed E-state index contributed by atoms with van der Waals surface area (Å²) in [5.74, 6) is 0.533. The van der Waals surface area contributed by atoms with Gasteiger partial charge in [-0.2, -0.15) is 0 Å². The van der Waals surface area contributed by atoms with Crippen molar-refractivity contribution in [1.82, 2.24) is 5.32 Å². The van der Waals surface area contributed by atoms with Gasteiger partial charge in [-0.1, -0.05) is 12.0 Å². The summed E-state index contributed by atoms with van der Waals surface area (Å²) in [6.45, 7) is 1.70. The summed E-state index contributed by atoms with van der Waals surface area (Å²) in [5, 5.41) is 3.22. The molecule has 0 spiro atoms. The highest BCUT2D eigenvalue weighted by Crippen LogP contribution is 2.37. The lowest BCUT2D eigenvalue weighted by molar-refractivity contribution is -0.136. The number of carbonyl (C=O) groups excluding carboxylic acids is 1. The molecule has 2 rings (SSSR count). The van der Waals surface area contributed by atoms with Gasteiger partial charge in [-0.25, -0.2) is 4.79 Å². The second-order valence-electron chi connectivity index (χ2n) is 4.05. The molecule has 0 radical (unpaired) electrons. The molecule has 3 heteroatoms. The first-order chi connectivity index (χ1) is 6.83. The highest BCUT2D eigenvalue weighted by Gasteiger charge is 2.28. The molecule has 0 bridgehead atoms. The lowest BCUT2D eigenvalue weighted by Crippen LogP contribution is -2.33. The molecular formula is C11H17NO2. The van der Waals surface area contributed by atoms with Crippen molar-refractivity contribution in [3.63, 3.8) is 0 Å². The van der Waals surface area contributed by atoms with Crippen molar-refractivity contribution in [2.45, 2.75) is 25.7 Å². The molecule has 0 aromatic carbocycles. The standard InChI is InChI=1S/C11H17NO2/c1-14-11(13)10-7-12-6-5-9(10)8-3-2-4-8/h8,12H,2-7H2,1H3. The van der Waals surface area contributed by atoms with Gasteiger partial charge in [-0.15, -0.1) is 0 Å². The molecule has 0 amide bonds. The maximum atomic E-state index is 11.5. The Balaban J connectivity index is 2.18. The Morgan fingerprint density at radius 3 is 2.86 bits per heavy atom. The van der Waals surface area contributed by atoms with Gasteiger partial charge >= 0.3 is 5.97 Å². The largest absolute Gasteiger partial charge is 0.466 e. The summed E-state index contributed by atoms with van der Waals surface area (Å²) >= 11 is 0. The van der Waals surface area contributed by atoms with Crippen LogP contribution in [-0.4, -0.2) is 26.2 Å². The Morgan fingerprint density at radius 2 is 2.29 bits per heavy atom. The molecule has 2 aliphatic rings. The molecule has 0 aromatic heterocycles. The van der Waals surface area contributed by atoms with Crippen LogP contribution in [0.5, 0.6) is 0 Å². The van der Waals surface area contributed by atoms with E-state index in [1.54, 1.807) is 0 Å². The van der Waals surface area contributed by atoms with Crippen molar-refractivity contribution >= 4 is 5.97 Å². The van der Waals surface area contributed by atoms with Crippen molar-refractivity contribution in [2.75, 3.05) is 20.2 Å². The van der Waals surface area contributed by atoms with E-state index in [-0.39, 0.29) is 5.97 Å². The molecule has 1 fully saturated rings. The highest BCUT2D eigenvalue weighted by atomic mass is 16.5. The van der Waals surface area contributed by atoms with Crippen LogP contribution < -0.4 is 5.32 Å². The number of hydrogen-bond acceptors (Lipinski definition) is 3. The molecule has 1 saturated carbocycles. The van der Waals surface area contributed by atoms with Gasteiger partial charge in [0.15, 0.2) is 0 Å². The van der Waals surface area contributed by atoms with E-state index in [9.17, 15) is 4.79 Å². The van der Waals surface area contributed by atoms with Crippen LogP contribution in [0.15, 0.2) is 11.1 Å². The summed E-state index contributed by atoms with van der Waals surface area (Å²) in [6.07, 6.45) is 4.86. The summed E-state index contributed by atoms with van der Waals surface area (Å²) in [7, 11) is 1.46. The number of methoxy groups -OCH3 is 1. The Hall–Kier alpha value is -0.830. The molecule has 0 atom stereocenters. The Morgan fingerprint density at radius 1 is 1.50 bits per heavy atom. The van der Waals surface area contributed by atoms with E-state index < -0.39 is 0 Å². The minimum Gasteiger partial charge on any atom is -0.466 e.